The van der Waals surface area contributed by atoms with Crippen LogP contribution in [0.5, 0.6) is 0 Å². The Bertz CT molecular complexity index is 599. The van der Waals surface area contributed by atoms with Crippen molar-refractivity contribution in [1.29, 1.82) is 0 Å². The molecule has 0 aromatic carbocycles. The van der Waals surface area contributed by atoms with Crippen molar-refractivity contribution in [3.63, 3.8) is 0 Å². The highest BCUT2D eigenvalue weighted by atomic mass is 16.5. The number of carbonyl (C=O) groups is 1. The molecule has 156 valence electrons. The molecule has 0 spiro atoms. The maximum Gasteiger partial charge on any atom is 0.257 e. The molecule has 0 unspecified atom stereocenters. The van der Waals surface area contributed by atoms with E-state index in [9.17, 15) is 4.79 Å². The van der Waals surface area contributed by atoms with E-state index in [1.807, 2.05) is 4.90 Å². The largest absolute Gasteiger partial charge is 0.472 e. The van der Waals surface area contributed by atoms with Crippen molar-refractivity contribution in [2.75, 3.05) is 52.5 Å². The Kier molecular flexibility index (Phi) is 6.70. The highest BCUT2D eigenvalue weighted by Crippen LogP contribution is 2.37. The lowest BCUT2D eigenvalue weighted by atomic mass is 9.73. The van der Waals surface area contributed by atoms with Crippen LogP contribution in [0, 0.1) is 5.41 Å². The molecule has 2 saturated heterocycles. The fourth-order valence-corrected chi connectivity index (χ4v) is 5.14. The number of piperidine rings is 1. The summed E-state index contributed by atoms with van der Waals surface area (Å²) in [5, 5.41) is 3.90. The van der Waals surface area contributed by atoms with E-state index in [2.05, 4.69) is 10.2 Å². The van der Waals surface area contributed by atoms with Crippen LogP contribution in [0.2, 0.25) is 0 Å². The zero-order chi connectivity index (χ0) is 19.2. The zero-order valence-corrected chi connectivity index (χ0v) is 17.0. The van der Waals surface area contributed by atoms with Gasteiger partial charge in [-0.2, -0.15) is 0 Å². The Labute approximate surface area is 168 Å². The van der Waals surface area contributed by atoms with Crippen molar-refractivity contribution >= 4 is 5.91 Å². The highest BCUT2D eigenvalue weighted by Gasteiger charge is 2.35. The van der Waals surface area contributed by atoms with Crippen molar-refractivity contribution in [3.05, 3.63) is 24.2 Å². The summed E-state index contributed by atoms with van der Waals surface area (Å²) in [6.07, 6.45) is 12.0. The molecule has 6 nitrogen and oxygen atoms in total. The summed E-state index contributed by atoms with van der Waals surface area (Å²) in [6, 6.07) is 2.28. The van der Waals surface area contributed by atoms with Crippen molar-refractivity contribution in [1.82, 2.24) is 15.1 Å². The van der Waals surface area contributed by atoms with Gasteiger partial charge in [-0.1, -0.05) is 19.3 Å². The van der Waals surface area contributed by atoms with Gasteiger partial charge in [0.15, 0.2) is 0 Å². The normalized spacial score (nSPS) is 24.4. The van der Waals surface area contributed by atoms with E-state index in [4.69, 9.17) is 9.15 Å². The molecule has 1 aromatic heterocycles. The molecule has 0 bridgehead atoms. The Hall–Kier alpha value is -1.37. The van der Waals surface area contributed by atoms with Crippen LogP contribution in [-0.2, 0) is 4.74 Å². The number of hydrogen-bond acceptors (Lipinski definition) is 5. The molecule has 4 rings (SSSR count). The first-order valence-electron chi connectivity index (χ1n) is 11.1. The van der Waals surface area contributed by atoms with Gasteiger partial charge in [-0.25, -0.2) is 0 Å². The first-order valence-corrected chi connectivity index (χ1v) is 11.1. The molecule has 3 fully saturated rings. The van der Waals surface area contributed by atoms with E-state index in [-0.39, 0.29) is 5.91 Å². The van der Waals surface area contributed by atoms with Crippen LogP contribution >= 0.6 is 0 Å². The van der Waals surface area contributed by atoms with E-state index < -0.39 is 0 Å². The Morgan fingerprint density at radius 2 is 1.86 bits per heavy atom. The van der Waals surface area contributed by atoms with Gasteiger partial charge in [-0.15, -0.1) is 0 Å². The first kappa shape index (κ1) is 19.9. The van der Waals surface area contributed by atoms with Gasteiger partial charge in [0.05, 0.1) is 25.0 Å². The summed E-state index contributed by atoms with van der Waals surface area (Å²) >= 11 is 0. The fourth-order valence-electron chi connectivity index (χ4n) is 5.14. The highest BCUT2D eigenvalue weighted by molar-refractivity contribution is 5.93. The quantitative estimate of drug-likeness (QED) is 0.811. The fraction of sp³-hybridized carbons (Fsp3) is 0.773. The summed E-state index contributed by atoms with van der Waals surface area (Å²) in [6.45, 7) is 7.91. The van der Waals surface area contributed by atoms with E-state index in [0.717, 1.165) is 58.8 Å². The maximum absolute atomic E-state index is 12.5. The maximum atomic E-state index is 12.5. The predicted molar refractivity (Wildman–Crippen MR) is 108 cm³/mol. The number of rotatable bonds is 6. The number of hydrogen-bond donors (Lipinski definition) is 1. The van der Waals surface area contributed by atoms with Crippen molar-refractivity contribution < 1.29 is 13.9 Å². The second kappa shape index (κ2) is 9.42. The SMILES string of the molecule is O=C(c1ccoc1)N1CCC(NCC2(CN3CCOCC3)CCCCC2)CC1. The van der Waals surface area contributed by atoms with Crippen LogP contribution in [0.25, 0.3) is 0 Å². The van der Waals surface area contributed by atoms with E-state index in [0.29, 0.717) is 17.0 Å². The molecule has 1 aliphatic carbocycles. The molecule has 0 atom stereocenters. The summed E-state index contributed by atoms with van der Waals surface area (Å²) in [5.74, 6) is 0.100. The summed E-state index contributed by atoms with van der Waals surface area (Å²) < 4.78 is 10.6. The second-order valence-corrected chi connectivity index (χ2v) is 8.91. The molecule has 6 heteroatoms. The lowest BCUT2D eigenvalue weighted by Gasteiger charge is -2.43. The van der Waals surface area contributed by atoms with Gasteiger partial charge < -0.3 is 19.4 Å². The summed E-state index contributed by atoms with van der Waals surface area (Å²) in [5.41, 5.74) is 1.08. The smallest absolute Gasteiger partial charge is 0.257 e. The molecule has 0 radical (unpaired) electrons. The number of carbonyl (C=O) groups excluding carboxylic acids is 1. The standard InChI is InChI=1S/C22H35N3O3/c26-21(19-6-13-28-16-19)25-9-4-20(5-10-25)23-17-22(7-2-1-3-8-22)18-24-11-14-27-15-12-24/h6,13,16,20,23H,1-5,7-12,14-15,17-18H2. The second-order valence-electron chi connectivity index (χ2n) is 8.91. The van der Waals surface area contributed by atoms with Gasteiger partial charge in [0.2, 0.25) is 0 Å². The van der Waals surface area contributed by atoms with Gasteiger partial charge in [0.1, 0.15) is 6.26 Å². The van der Waals surface area contributed by atoms with Crippen LogP contribution in [0.4, 0.5) is 0 Å². The molecule has 1 saturated carbocycles. The van der Waals surface area contributed by atoms with Gasteiger partial charge in [0.25, 0.3) is 5.91 Å². The average Bonchev–Trinajstić information content (AvgIpc) is 3.29. The van der Waals surface area contributed by atoms with Gasteiger partial charge >= 0.3 is 0 Å². The molecule has 2 aliphatic heterocycles. The summed E-state index contributed by atoms with van der Waals surface area (Å²) in [7, 11) is 0. The van der Waals surface area contributed by atoms with Gasteiger partial charge in [-0.3, -0.25) is 9.69 Å². The average molecular weight is 390 g/mol. The third-order valence-corrected chi connectivity index (χ3v) is 6.89. The predicted octanol–water partition coefficient (Wildman–Crippen LogP) is 2.76. The zero-order valence-electron chi connectivity index (χ0n) is 17.0. The van der Waals surface area contributed by atoms with Crippen molar-refractivity contribution in [3.8, 4) is 0 Å². The van der Waals surface area contributed by atoms with Crippen LogP contribution in [0.15, 0.2) is 23.0 Å². The van der Waals surface area contributed by atoms with Crippen molar-refractivity contribution in [2.24, 2.45) is 5.41 Å². The van der Waals surface area contributed by atoms with Crippen molar-refractivity contribution in [2.45, 2.75) is 51.0 Å². The lowest BCUT2D eigenvalue weighted by Crippen LogP contribution is -2.52. The topological polar surface area (TPSA) is 58.0 Å². The van der Waals surface area contributed by atoms with Crippen LogP contribution < -0.4 is 5.32 Å². The number of nitrogens with zero attached hydrogens (tertiary/aromatic N) is 2. The van der Waals surface area contributed by atoms with Gasteiger partial charge in [-0.05, 0) is 37.2 Å². The summed E-state index contributed by atoms with van der Waals surface area (Å²) in [4.78, 5) is 17.1. The molecule has 3 heterocycles. The van der Waals surface area contributed by atoms with Crippen LogP contribution in [0.1, 0.15) is 55.3 Å². The van der Waals surface area contributed by atoms with E-state index >= 15 is 0 Å². The molecule has 3 aliphatic rings. The Balaban J connectivity index is 1.27. The molecule has 28 heavy (non-hydrogen) atoms. The van der Waals surface area contributed by atoms with E-state index in [1.54, 1.807) is 18.6 Å². The molecular formula is C22H35N3O3. The number of amides is 1. The van der Waals surface area contributed by atoms with Crippen LogP contribution in [-0.4, -0.2) is 74.2 Å². The van der Waals surface area contributed by atoms with E-state index in [1.165, 1.54) is 38.6 Å². The molecule has 1 N–H and O–H groups in total. The minimum absolute atomic E-state index is 0.100. The molecule has 1 aromatic rings. The minimum Gasteiger partial charge on any atom is -0.472 e. The third-order valence-electron chi connectivity index (χ3n) is 6.89. The van der Waals surface area contributed by atoms with Gasteiger partial charge in [0, 0.05) is 45.3 Å². The number of morpholine rings is 1. The number of likely N-dealkylation sites (tertiary alicyclic amines) is 1. The Morgan fingerprint density at radius 1 is 1.11 bits per heavy atom. The minimum atomic E-state index is 0.100. The Morgan fingerprint density at radius 3 is 2.54 bits per heavy atom. The number of ether oxygens (including phenoxy) is 1. The lowest BCUT2D eigenvalue weighted by molar-refractivity contribution is 0.00598. The third kappa shape index (κ3) is 4.97. The molecular weight excluding hydrogens is 354 g/mol. The monoisotopic (exact) mass is 389 g/mol. The molecule has 1 amide bonds. The number of furan rings is 1. The number of nitrogens with one attached hydrogen (secondary N) is 1. The first-order chi connectivity index (χ1) is 13.7. The van der Waals surface area contributed by atoms with Crippen LogP contribution in [0.3, 0.4) is 0 Å².